The fraction of sp³-hybridized carbons (Fsp3) is 0.407. The van der Waals surface area contributed by atoms with Gasteiger partial charge in [0.15, 0.2) is 5.58 Å². The first kappa shape index (κ1) is 25.0. The van der Waals surface area contributed by atoms with E-state index in [9.17, 15) is 14.0 Å². The number of ether oxygens (including phenoxy) is 1. The van der Waals surface area contributed by atoms with Crippen LogP contribution in [-0.2, 0) is 11.3 Å². The Balaban J connectivity index is 1.47. The number of piperidine rings is 1. The lowest BCUT2D eigenvalue weighted by Gasteiger charge is -2.34. The number of nitrogens with zero attached hydrogens (tertiary/aromatic N) is 1. The van der Waals surface area contributed by atoms with E-state index in [4.69, 9.17) is 20.8 Å². The molecule has 1 aromatic heterocycles. The number of carbonyl (C=O) groups excluding carboxylic acids is 2. The van der Waals surface area contributed by atoms with Gasteiger partial charge in [-0.3, -0.25) is 4.79 Å². The molecule has 1 fully saturated rings. The zero-order valence-electron chi connectivity index (χ0n) is 20.4. The highest BCUT2D eigenvalue weighted by Gasteiger charge is 2.31. The molecular weight excluding hydrogens is 471 g/mol. The number of benzene rings is 2. The molecule has 0 saturated carbocycles. The number of furan rings is 1. The first-order valence-electron chi connectivity index (χ1n) is 11.7. The molecular formula is C27H30ClFN2O4. The van der Waals surface area contributed by atoms with E-state index in [1.54, 1.807) is 44.7 Å². The van der Waals surface area contributed by atoms with Crippen LogP contribution in [0.4, 0.5) is 9.18 Å². The molecule has 1 aliphatic heterocycles. The fourth-order valence-electron chi connectivity index (χ4n) is 4.05. The van der Waals surface area contributed by atoms with Gasteiger partial charge in [-0.25, -0.2) is 9.18 Å². The molecule has 6 nitrogen and oxygen atoms in total. The van der Waals surface area contributed by atoms with Gasteiger partial charge in [-0.05, 0) is 82.0 Å². The number of alkyl carbamates (subject to hydrolysis) is 1. The van der Waals surface area contributed by atoms with Crippen molar-refractivity contribution in [2.75, 3.05) is 13.1 Å². The summed E-state index contributed by atoms with van der Waals surface area (Å²) in [6, 6.07) is 12.9. The molecule has 186 valence electrons. The highest BCUT2D eigenvalue weighted by atomic mass is 35.5. The van der Waals surface area contributed by atoms with Crippen LogP contribution in [0.2, 0.25) is 5.02 Å². The largest absolute Gasteiger partial charge is 0.458 e. The number of hydrogen-bond acceptors (Lipinski definition) is 4. The van der Waals surface area contributed by atoms with Crippen molar-refractivity contribution in [1.82, 2.24) is 10.2 Å². The molecule has 0 bridgehead atoms. The smallest absolute Gasteiger partial charge is 0.408 e. The van der Waals surface area contributed by atoms with Crippen molar-refractivity contribution < 1.29 is 23.1 Å². The summed E-state index contributed by atoms with van der Waals surface area (Å²) in [6.45, 7) is 8.00. The average Bonchev–Trinajstić information content (AvgIpc) is 3.20. The van der Waals surface area contributed by atoms with Gasteiger partial charge >= 0.3 is 6.09 Å². The summed E-state index contributed by atoms with van der Waals surface area (Å²) in [4.78, 5) is 26.4. The number of nitrogens with one attached hydrogen (secondary N) is 1. The van der Waals surface area contributed by atoms with E-state index in [-0.39, 0.29) is 12.5 Å². The van der Waals surface area contributed by atoms with Gasteiger partial charge < -0.3 is 19.4 Å². The molecule has 0 unspecified atom stereocenters. The van der Waals surface area contributed by atoms with Crippen LogP contribution in [0.3, 0.4) is 0 Å². The van der Waals surface area contributed by atoms with Gasteiger partial charge in [0.1, 0.15) is 17.0 Å². The van der Waals surface area contributed by atoms with Crippen molar-refractivity contribution in [3.05, 3.63) is 58.8 Å². The Bertz CT molecular complexity index is 1230. The lowest BCUT2D eigenvalue weighted by molar-refractivity contribution is 0.0498. The molecule has 0 spiro atoms. The molecule has 1 N–H and O–H groups in total. The molecule has 1 aliphatic rings. The van der Waals surface area contributed by atoms with Crippen molar-refractivity contribution >= 4 is 34.6 Å². The predicted octanol–water partition coefficient (Wildman–Crippen LogP) is 6.74. The SMILES string of the molecule is CC1(F)CCN(C(=O)c2ccc(-c3cc(Cl)c4oc(CNC(=O)OC(C)(C)C)cc4c3)cc2)CC1. The summed E-state index contributed by atoms with van der Waals surface area (Å²) in [5, 5.41) is 3.93. The van der Waals surface area contributed by atoms with Gasteiger partial charge in [-0.2, -0.15) is 0 Å². The number of fused-ring (bicyclic) bond motifs is 1. The van der Waals surface area contributed by atoms with E-state index in [1.165, 1.54) is 0 Å². The normalized spacial score (nSPS) is 15.8. The maximum atomic E-state index is 14.1. The third-order valence-corrected chi connectivity index (χ3v) is 6.27. The Hall–Kier alpha value is -3.06. The molecule has 2 heterocycles. The van der Waals surface area contributed by atoms with E-state index in [1.807, 2.05) is 30.3 Å². The van der Waals surface area contributed by atoms with Crippen molar-refractivity contribution in [1.29, 1.82) is 0 Å². The maximum Gasteiger partial charge on any atom is 0.408 e. The second-order valence-corrected chi connectivity index (χ2v) is 10.6. The summed E-state index contributed by atoms with van der Waals surface area (Å²) < 4.78 is 25.1. The molecule has 0 aliphatic carbocycles. The van der Waals surface area contributed by atoms with Crippen molar-refractivity contribution in [2.24, 2.45) is 0 Å². The minimum atomic E-state index is -1.20. The minimum Gasteiger partial charge on any atom is -0.458 e. The predicted molar refractivity (Wildman–Crippen MR) is 134 cm³/mol. The monoisotopic (exact) mass is 500 g/mol. The molecule has 0 radical (unpaired) electrons. The zero-order valence-corrected chi connectivity index (χ0v) is 21.2. The first-order chi connectivity index (χ1) is 16.4. The summed E-state index contributed by atoms with van der Waals surface area (Å²) in [7, 11) is 0. The van der Waals surface area contributed by atoms with Crippen LogP contribution in [0, 0.1) is 0 Å². The number of alkyl halides is 1. The molecule has 4 rings (SSSR count). The highest BCUT2D eigenvalue weighted by molar-refractivity contribution is 6.35. The molecule has 35 heavy (non-hydrogen) atoms. The third-order valence-electron chi connectivity index (χ3n) is 5.99. The lowest BCUT2D eigenvalue weighted by Crippen LogP contribution is -2.43. The minimum absolute atomic E-state index is 0.0856. The fourth-order valence-corrected chi connectivity index (χ4v) is 4.32. The van der Waals surface area contributed by atoms with E-state index >= 15 is 0 Å². The number of likely N-dealkylation sites (tertiary alicyclic amines) is 1. The van der Waals surface area contributed by atoms with Crippen molar-refractivity contribution in [3.63, 3.8) is 0 Å². The van der Waals surface area contributed by atoms with E-state index < -0.39 is 17.4 Å². The first-order valence-corrected chi connectivity index (χ1v) is 12.1. The Kier molecular flexibility index (Phi) is 6.82. The molecule has 3 aromatic rings. The Morgan fingerprint density at radius 1 is 1.11 bits per heavy atom. The van der Waals surface area contributed by atoms with Gasteiger partial charge in [0.05, 0.1) is 11.6 Å². The van der Waals surface area contributed by atoms with Crippen LogP contribution in [0.25, 0.3) is 22.1 Å². The van der Waals surface area contributed by atoms with Crippen LogP contribution < -0.4 is 5.32 Å². The van der Waals surface area contributed by atoms with Gasteiger partial charge in [0.2, 0.25) is 0 Å². The number of hydrogen-bond donors (Lipinski definition) is 1. The summed E-state index contributed by atoms with van der Waals surface area (Å²) in [5.41, 5.74) is 1.10. The van der Waals surface area contributed by atoms with Crippen molar-refractivity contribution in [2.45, 2.75) is 58.4 Å². The molecule has 2 amide bonds. The van der Waals surface area contributed by atoms with Crippen LogP contribution in [0.5, 0.6) is 0 Å². The quantitative estimate of drug-likeness (QED) is 0.430. The Labute approximate surface area is 209 Å². The molecule has 8 heteroatoms. The van der Waals surface area contributed by atoms with Gasteiger partial charge in [0, 0.05) is 24.0 Å². The number of carbonyl (C=O) groups is 2. The number of rotatable bonds is 4. The second kappa shape index (κ2) is 9.53. The van der Waals surface area contributed by atoms with Crippen LogP contribution >= 0.6 is 11.6 Å². The van der Waals surface area contributed by atoms with Crippen LogP contribution in [0.1, 0.15) is 56.7 Å². The zero-order chi connectivity index (χ0) is 25.4. The number of amides is 2. The topological polar surface area (TPSA) is 71.8 Å². The highest BCUT2D eigenvalue weighted by Crippen LogP contribution is 2.33. The molecule has 2 aromatic carbocycles. The van der Waals surface area contributed by atoms with E-state index in [0.717, 1.165) is 16.5 Å². The number of halogens is 2. The second-order valence-electron chi connectivity index (χ2n) is 10.2. The van der Waals surface area contributed by atoms with E-state index in [0.29, 0.717) is 47.9 Å². The summed E-state index contributed by atoms with van der Waals surface area (Å²) >= 11 is 6.48. The van der Waals surface area contributed by atoms with Crippen LogP contribution in [0.15, 0.2) is 46.9 Å². The van der Waals surface area contributed by atoms with Crippen LogP contribution in [-0.4, -0.2) is 41.3 Å². The summed E-state index contributed by atoms with van der Waals surface area (Å²) in [6.07, 6.45) is 0.188. The Morgan fingerprint density at radius 2 is 1.77 bits per heavy atom. The van der Waals surface area contributed by atoms with Gasteiger partial charge in [-0.15, -0.1) is 0 Å². The molecule has 0 atom stereocenters. The summed E-state index contributed by atoms with van der Waals surface area (Å²) in [5.74, 6) is 0.467. The average molecular weight is 501 g/mol. The van der Waals surface area contributed by atoms with Gasteiger partial charge in [0.25, 0.3) is 5.91 Å². The standard InChI is InChI=1S/C27H30ClFN2O4/c1-26(2,3)35-25(33)30-16-21-14-20-13-19(15-22(28)23(20)34-21)17-5-7-18(8-6-17)24(32)31-11-9-27(4,29)10-12-31/h5-8,13-15H,9-12,16H2,1-4H3,(H,30,33). The van der Waals surface area contributed by atoms with E-state index in [2.05, 4.69) is 5.32 Å². The maximum absolute atomic E-state index is 14.1. The Morgan fingerprint density at radius 3 is 2.40 bits per heavy atom. The van der Waals surface area contributed by atoms with Crippen molar-refractivity contribution in [3.8, 4) is 11.1 Å². The third kappa shape index (κ3) is 6.14. The van der Waals surface area contributed by atoms with Gasteiger partial charge in [-0.1, -0.05) is 23.7 Å². The lowest BCUT2D eigenvalue weighted by atomic mass is 9.95. The molecule has 1 saturated heterocycles.